The summed E-state index contributed by atoms with van der Waals surface area (Å²) in [7, 11) is 3.50. The average Bonchev–Trinajstić information content (AvgIpc) is 3.27. The van der Waals surface area contributed by atoms with Crippen LogP contribution in [0.1, 0.15) is 29.1 Å². The fraction of sp³-hybridized carbons (Fsp3) is 0.333. The second-order valence-electron chi connectivity index (χ2n) is 8.25. The minimum absolute atomic E-state index is 0.0105. The highest BCUT2D eigenvalue weighted by Gasteiger charge is 2.45. The van der Waals surface area contributed by atoms with Crippen molar-refractivity contribution in [2.75, 3.05) is 27.2 Å². The van der Waals surface area contributed by atoms with Gasteiger partial charge >= 0.3 is 0 Å². The monoisotopic (exact) mass is 418 g/mol. The van der Waals surface area contributed by atoms with Crippen molar-refractivity contribution in [1.29, 1.82) is 0 Å². The Balaban J connectivity index is 1.61. The average molecular weight is 418 g/mol. The molecule has 31 heavy (non-hydrogen) atoms. The maximum atomic E-state index is 13.3. The molecule has 2 amide bonds. The lowest BCUT2D eigenvalue weighted by Crippen LogP contribution is -2.54. The van der Waals surface area contributed by atoms with Crippen LogP contribution in [0.4, 0.5) is 0 Å². The van der Waals surface area contributed by atoms with Gasteiger partial charge in [-0.05, 0) is 25.0 Å². The summed E-state index contributed by atoms with van der Waals surface area (Å²) >= 11 is 0. The molecule has 0 bridgehead atoms. The highest BCUT2D eigenvalue weighted by molar-refractivity contribution is 5.93. The first-order chi connectivity index (χ1) is 15.0. The third-order valence-corrected chi connectivity index (χ3v) is 5.75. The van der Waals surface area contributed by atoms with Gasteiger partial charge in [0.25, 0.3) is 5.91 Å². The van der Waals surface area contributed by atoms with E-state index in [2.05, 4.69) is 10.1 Å². The molecule has 160 valence electrons. The van der Waals surface area contributed by atoms with E-state index in [4.69, 9.17) is 4.52 Å². The van der Waals surface area contributed by atoms with Gasteiger partial charge in [0.05, 0.1) is 5.41 Å². The van der Waals surface area contributed by atoms with E-state index in [0.29, 0.717) is 37.4 Å². The summed E-state index contributed by atoms with van der Waals surface area (Å²) in [6.45, 7) is 0.921. The number of piperidine rings is 1. The Bertz CT molecular complexity index is 1050. The van der Waals surface area contributed by atoms with Crippen molar-refractivity contribution in [2.24, 2.45) is 5.41 Å². The van der Waals surface area contributed by atoms with E-state index < -0.39 is 5.41 Å². The molecular formula is C24H26N4O3. The van der Waals surface area contributed by atoms with Gasteiger partial charge in [0.15, 0.2) is 0 Å². The Morgan fingerprint density at radius 2 is 1.90 bits per heavy atom. The van der Waals surface area contributed by atoms with Crippen molar-refractivity contribution < 1.29 is 14.1 Å². The summed E-state index contributed by atoms with van der Waals surface area (Å²) in [5, 5.41) is 4.20. The Hall–Kier alpha value is -3.48. The smallest absolute Gasteiger partial charge is 0.272 e. The van der Waals surface area contributed by atoms with Crippen LogP contribution >= 0.6 is 0 Å². The lowest BCUT2D eigenvalue weighted by Gasteiger charge is -2.42. The predicted molar refractivity (Wildman–Crippen MR) is 116 cm³/mol. The molecule has 1 aliphatic heterocycles. The van der Waals surface area contributed by atoms with Crippen LogP contribution in [-0.4, -0.2) is 58.9 Å². The van der Waals surface area contributed by atoms with Crippen molar-refractivity contribution in [3.63, 3.8) is 0 Å². The van der Waals surface area contributed by atoms with Crippen LogP contribution in [-0.2, 0) is 11.2 Å². The van der Waals surface area contributed by atoms with E-state index in [-0.39, 0.29) is 11.8 Å². The van der Waals surface area contributed by atoms with Crippen molar-refractivity contribution in [1.82, 2.24) is 19.9 Å². The summed E-state index contributed by atoms with van der Waals surface area (Å²) in [5.74, 6) is 0.476. The van der Waals surface area contributed by atoms with Crippen LogP contribution in [0.5, 0.6) is 0 Å². The first-order valence-corrected chi connectivity index (χ1v) is 10.4. The molecule has 0 radical (unpaired) electrons. The minimum atomic E-state index is -0.764. The van der Waals surface area contributed by atoms with E-state index in [1.54, 1.807) is 48.3 Å². The molecule has 1 saturated heterocycles. The molecule has 1 unspecified atom stereocenters. The lowest BCUT2D eigenvalue weighted by molar-refractivity contribution is -0.142. The normalized spacial score (nSPS) is 18.6. The standard InChI is InChI=1S/C24H26N4O3/c1-27(2)23(30)24(16-19-15-21(26-31-19)18-9-4-3-5-10-18)12-8-14-28(17-24)22(29)20-11-6-7-13-25-20/h3-7,9-11,13,15H,8,12,14,16-17H2,1-2H3. The maximum absolute atomic E-state index is 13.3. The molecule has 3 aromatic rings. The van der Waals surface area contributed by atoms with E-state index in [1.165, 1.54) is 0 Å². The molecule has 1 aliphatic rings. The topological polar surface area (TPSA) is 79.5 Å². The Morgan fingerprint density at radius 3 is 2.61 bits per heavy atom. The molecule has 0 aliphatic carbocycles. The second kappa shape index (κ2) is 8.71. The third-order valence-electron chi connectivity index (χ3n) is 5.75. The van der Waals surface area contributed by atoms with Crippen molar-refractivity contribution in [3.8, 4) is 11.3 Å². The molecule has 0 saturated carbocycles. The summed E-state index contributed by atoms with van der Waals surface area (Å²) < 4.78 is 5.62. The van der Waals surface area contributed by atoms with Gasteiger partial charge in [-0.25, -0.2) is 0 Å². The Morgan fingerprint density at radius 1 is 1.13 bits per heavy atom. The second-order valence-corrected chi connectivity index (χ2v) is 8.25. The number of rotatable bonds is 5. The van der Waals surface area contributed by atoms with Gasteiger partial charge in [-0.2, -0.15) is 0 Å². The fourth-order valence-corrected chi connectivity index (χ4v) is 4.30. The SMILES string of the molecule is CN(C)C(=O)C1(Cc2cc(-c3ccccc3)no2)CCCN(C(=O)c2ccccn2)C1. The van der Waals surface area contributed by atoms with Gasteiger partial charge in [-0.15, -0.1) is 0 Å². The van der Waals surface area contributed by atoms with E-state index in [1.807, 2.05) is 36.4 Å². The van der Waals surface area contributed by atoms with Crippen LogP contribution in [0.3, 0.4) is 0 Å². The number of pyridine rings is 1. The van der Waals surface area contributed by atoms with E-state index >= 15 is 0 Å². The van der Waals surface area contributed by atoms with Crippen molar-refractivity contribution in [3.05, 3.63) is 72.2 Å². The number of likely N-dealkylation sites (tertiary alicyclic amines) is 1. The third kappa shape index (κ3) is 4.35. The quantitative estimate of drug-likeness (QED) is 0.635. The molecule has 2 aromatic heterocycles. The number of nitrogens with zero attached hydrogens (tertiary/aromatic N) is 4. The minimum Gasteiger partial charge on any atom is -0.361 e. The maximum Gasteiger partial charge on any atom is 0.272 e. The van der Waals surface area contributed by atoms with Crippen molar-refractivity contribution in [2.45, 2.75) is 19.3 Å². The molecule has 0 N–H and O–H groups in total. The highest BCUT2D eigenvalue weighted by Crippen LogP contribution is 2.36. The van der Waals surface area contributed by atoms with Gasteiger partial charge in [0, 0.05) is 51.4 Å². The van der Waals surface area contributed by atoms with E-state index in [9.17, 15) is 9.59 Å². The Kier molecular flexibility index (Phi) is 5.84. The number of carbonyl (C=O) groups is 2. The number of aromatic nitrogens is 2. The number of carbonyl (C=O) groups excluding carboxylic acids is 2. The molecule has 7 nitrogen and oxygen atoms in total. The Labute approximate surface area is 181 Å². The number of amides is 2. The first-order valence-electron chi connectivity index (χ1n) is 10.4. The number of benzene rings is 1. The number of hydrogen-bond acceptors (Lipinski definition) is 5. The van der Waals surface area contributed by atoms with Gasteiger partial charge in [0.2, 0.25) is 5.91 Å². The summed E-state index contributed by atoms with van der Waals surface area (Å²) in [5.41, 5.74) is 1.32. The van der Waals surface area contributed by atoms with Crippen LogP contribution in [0.2, 0.25) is 0 Å². The van der Waals surface area contributed by atoms with Gasteiger partial charge < -0.3 is 14.3 Å². The zero-order valence-corrected chi connectivity index (χ0v) is 17.8. The fourth-order valence-electron chi connectivity index (χ4n) is 4.30. The van der Waals surface area contributed by atoms with Gasteiger partial charge in [-0.1, -0.05) is 41.6 Å². The van der Waals surface area contributed by atoms with Gasteiger partial charge in [-0.3, -0.25) is 14.6 Å². The zero-order chi connectivity index (χ0) is 21.8. The highest BCUT2D eigenvalue weighted by atomic mass is 16.5. The number of hydrogen-bond donors (Lipinski definition) is 0. The van der Waals surface area contributed by atoms with Crippen LogP contribution in [0.25, 0.3) is 11.3 Å². The van der Waals surface area contributed by atoms with Crippen LogP contribution in [0, 0.1) is 5.41 Å². The summed E-state index contributed by atoms with van der Waals surface area (Å²) in [4.78, 5) is 33.9. The summed E-state index contributed by atoms with van der Waals surface area (Å²) in [6, 6.07) is 16.9. The molecule has 0 spiro atoms. The molecule has 1 fully saturated rings. The largest absolute Gasteiger partial charge is 0.361 e. The van der Waals surface area contributed by atoms with E-state index in [0.717, 1.165) is 17.7 Å². The molecule has 1 aromatic carbocycles. The molecule has 1 atom stereocenters. The summed E-state index contributed by atoms with van der Waals surface area (Å²) in [6.07, 6.45) is 3.40. The first kappa shape index (κ1) is 20.8. The lowest BCUT2D eigenvalue weighted by atomic mass is 9.75. The zero-order valence-electron chi connectivity index (χ0n) is 17.8. The molecular weight excluding hydrogens is 392 g/mol. The van der Waals surface area contributed by atoms with Crippen LogP contribution in [0.15, 0.2) is 65.3 Å². The van der Waals surface area contributed by atoms with Crippen molar-refractivity contribution >= 4 is 11.8 Å². The predicted octanol–water partition coefficient (Wildman–Crippen LogP) is 3.29. The molecule has 4 rings (SSSR count). The van der Waals surface area contributed by atoms with Gasteiger partial charge in [0.1, 0.15) is 17.1 Å². The van der Waals surface area contributed by atoms with Crippen LogP contribution < -0.4 is 0 Å². The molecule has 3 heterocycles. The molecule has 7 heteroatoms.